The van der Waals surface area contributed by atoms with Crippen molar-refractivity contribution in [2.75, 3.05) is 13.1 Å². The van der Waals surface area contributed by atoms with Gasteiger partial charge in [0.25, 0.3) is 0 Å². The van der Waals surface area contributed by atoms with Gasteiger partial charge in [-0.2, -0.15) is 8.78 Å². The van der Waals surface area contributed by atoms with Crippen LogP contribution in [0, 0.1) is 11.8 Å². The predicted molar refractivity (Wildman–Crippen MR) is 66.2 cm³/mol. The van der Waals surface area contributed by atoms with Gasteiger partial charge in [0.1, 0.15) is 0 Å². The summed E-state index contributed by atoms with van der Waals surface area (Å²) in [5.74, 6) is -0.806. The largest absolute Gasteiger partial charge is 0.385 e. The number of carbonyl (C=O) groups is 1. The lowest BCUT2D eigenvalue weighted by Gasteiger charge is -2.21. The first-order valence-electron chi connectivity index (χ1n) is 5.76. The molecule has 0 aliphatic carbocycles. The van der Waals surface area contributed by atoms with E-state index in [-0.39, 0.29) is 13.1 Å². The van der Waals surface area contributed by atoms with Crippen molar-refractivity contribution < 1.29 is 13.6 Å². The van der Waals surface area contributed by atoms with E-state index in [1.54, 1.807) is 50.1 Å². The highest BCUT2D eigenvalue weighted by Gasteiger charge is 2.39. The first-order chi connectivity index (χ1) is 8.51. The van der Waals surface area contributed by atoms with Crippen LogP contribution in [0.25, 0.3) is 0 Å². The van der Waals surface area contributed by atoms with Gasteiger partial charge in [0.05, 0.1) is 0 Å². The zero-order chi connectivity index (χ0) is 13.6. The molecular formula is C14H15F2NO. The number of carbonyl (C=O) groups excluding carboxylic acids is 1. The summed E-state index contributed by atoms with van der Waals surface area (Å²) in [6.07, 6.45) is 0. The summed E-state index contributed by atoms with van der Waals surface area (Å²) in [7, 11) is 0. The van der Waals surface area contributed by atoms with Crippen LogP contribution in [0.5, 0.6) is 0 Å². The summed E-state index contributed by atoms with van der Waals surface area (Å²) in [4.78, 5) is 12.6. The van der Waals surface area contributed by atoms with E-state index in [2.05, 4.69) is 5.92 Å². The standard InChI is InChI=1S/C14H15F2NO/c1-3-17(4-2)13(18)14(15,16)11-10-12-8-6-5-7-9-12/h5-9H,3-4H2,1-2H3. The molecule has 0 N–H and O–H groups in total. The van der Waals surface area contributed by atoms with E-state index in [4.69, 9.17) is 0 Å². The number of nitrogens with zero attached hydrogens (tertiary/aromatic N) is 1. The minimum Gasteiger partial charge on any atom is -0.337 e. The smallest absolute Gasteiger partial charge is 0.337 e. The summed E-state index contributed by atoms with van der Waals surface area (Å²) < 4.78 is 27.1. The summed E-state index contributed by atoms with van der Waals surface area (Å²) >= 11 is 0. The number of benzene rings is 1. The molecule has 1 aromatic carbocycles. The molecule has 1 aromatic rings. The summed E-state index contributed by atoms with van der Waals surface area (Å²) in [5.41, 5.74) is 0.463. The molecule has 2 nitrogen and oxygen atoms in total. The normalized spacial score (nSPS) is 10.4. The Morgan fingerprint density at radius 1 is 1.22 bits per heavy atom. The Morgan fingerprint density at radius 2 is 1.78 bits per heavy atom. The molecule has 0 bridgehead atoms. The Hall–Kier alpha value is -1.89. The number of alkyl halides is 2. The fourth-order valence-electron chi connectivity index (χ4n) is 1.44. The summed E-state index contributed by atoms with van der Waals surface area (Å²) in [6, 6.07) is 8.41. The Bertz CT molecular complexity index is 456. The Morgan fingerprint density at radius 3 is 2.28 bits per heavy atom. The van der Waals surface area contributed by atoms with Gasteiger partial charge < -0.3 is 4.90 Å². The third kappa shape index (κ3) is 3.56. The van der Waals surface area contributed by atoms with Gasteiger partial charge in [-0.3, -0.25) is 4.79 Å². The van der Waals surface area contributed by atoms with Crippen LogP contribution in [0.3, 0.4) is 0 Å². The molecule has 18 heavy (non-hydrogen) atoms. The van der Waals surface area contributed by atoms with Crippen molar-refractivity contribution in [1.82, 2.24) is 4.90 Å². The monoisotopic (exact) mass is 251 g/mol. The van der Waals surface area contributed by atoms with Crippen molar-refractivity contribution in [3.63, 3.8) is 0 Å². The van der Waals surface area contributed by atoms with Gasteiger partial charge >= 0.3 is 11.8 Å². The first kappa shape index (κ1) is 14.2. The quantitative estimate of drug-likeness (QED) is 0.756. The molecule has 0 saturated carbocycles. The molecule has 0 heterocycles. The van der Waals surface area contributed by atoms with E-state index in [9.17, 15) is 13.6 Å². The molecule has 0 aliphatic rings. The first-order valence-corrected chi connectivity index (χ1v) is 5.76. The number of amides is 1. The molecule has 0 aromatic heterocycles. The molecule has 0 aliphatic heterocycles. The van der Waals surface area contributed by atoms with Gasteiger partial charge in [0, 0.05) is 18.7 Å². The van der Waals surface area contributed by atoms with Crippen molar-refractivity contribution in [1.29, 1.82) is 0 Å². The molecular weight excluding hydrogens is 236 g/mol. The molecule has 1 amide bonds. The Labute approximate surface area is 106 Å². The molecule has 0 radical (unpaired) electrons. The molecule has 96 valence electrons. The molecule has 4 heteroatoms. The van der Waals surface area contributed by atoms with Crippen LogP contribution in [0.4, 0.5) is 8.78 Å². The SMILES string of the molecule is CCN(CC)C(=O)C(F)(F)C#Cc1ccccc1. The average Bonchev–Trinajstić information content (AvgIpc) is 2.39. The second-order valence-electron chi connectivity index (χ2n) is 3.67. The summed E-state index contributed by atoms with van der Waals surface area (Å²) in [5, 5.41) is 0. The fraction of sp³-hybridized carbons (Fsp3) is 0.357. The van der Waals surface area contributed by atoms with Crippen LogP contribution in [-0.4, -0.2) is 29.8 Å². The highest BCUT2D eigenvalue weighted by molar-refractivity contribution is 5.87. The second-order valence-corrected chi connectivity index (χ2v) is 3.67. The van der Waals surface area contributed by atoms with Gasteiger partial charge in [-0.25, -0.2) is 0 Å². The lowest BCUT2D eigenvalue weighted by atomic mass is 10.2. The van der Waals surface area contributed by atoms with Crippen molar-refractivity contribution in [3.8, 4) is 11.8 Å². The lowest BCUT2D eigenvalue weighted by molar-refractivity contribution is -0.149. The van der Waals surface area contributed by atoms with Gasteiger partial charge in [0.2, 0.25) is 0 Å². The highest BCUT2D eigenvalue weighted by Crippen LogP contribution is 2.16. The van der Waals surface area contributed by atoms with Crippen LogP contribution in [0.2, 0.25) is 0 Å². The number of rotatable bonds is 3. The van der Waals surface area contributed by atoms with Crippen molar-refractivity contribution in [2.24, 2.45) is 0 Å². The Balaban J connectivity index is 2.88. The van der Waals surface area contributed by atoms with Gasteiger partial charge in [-0.1, -0.05) is 24.1 Å². The van der Waals surface area contributed by atoms with Crippen LogP contribution in [0.15, 0.2) is 30.3 Å². The van der Waals surface area contributed by atoms with Crippen molar-refractivity contribution in [2.45, 2.75) is 19.8 Å². The van der Waals surface area contributed by atoms with Crippen LogP contribution < -0.4 is 0 Å². The average molecular weight is 251 g/mol. The molecule has 0 unspecified atom stereocenters. The van der Waals surface area contributed by atoms with Crippen molar-refractivity contribution in [3.05, 3.63) is 35.9 Å². The number of hydrogen-bond donors (Lipinski definition) is 0. The maximum atomic E-state index is 13.6. The van der Waals surface area contributed by atoms with Crippen LogP contribution in [0.1, 0.15) is 19.4 Å². The van der Waals surface area contributed by atoms with E-state index in [1.165, 1.54) is 0 Å². The highest BCUT2D eigenvalue weighted by atomic mass is 19.3. The number of halogens is 2. The predicted octanol–water partition coefficient (Wildman–Crippen LogP) is 2.54. The fourth-order valence-corrected chi connectivity index (χ4v) is 1.44. The topological polar surface area (TPSA) is 20.3 Å². The van der Waals surface area contributed by atoms with E-state index < -0.39 is 11.8 Å². The minimum absolute atomic E-state index is 0.248. The van der Waals surface area contributed by atoms with Gasteiger partial charge in [0.15, 0.2) is 0 Å². The minimum atomic E-state index is -3.64. The summed E-state index contributed by atoms with van der Waals surface area (Å²) in [6.45, 7) is 3.81. The molecule has 0 fully saturated rings. The maximum absolute atomic E-state index is 13.6. The van der Waals surface area contributed by atoms with Crippen LogP contribution >= 0.6 is 0 Å². The van der Waals surface area contributed by atoms with E-state index in [0.29, 0.717) is 5.56 Å². The van der Waals surface area contributed by atoms with Crippen LogP contribution in [-0.2, 0) is 4.79 Å². The molecule has 1 rings (SSSR count). The Kier molecular flexibility index (Phi) is 4.85. The zero-order valence-electron chi connectivity index (χ0n) is 10.4. The maximum Gasteiger partial charge on any atom is 0.385 e. The van der Waals surface area contributed by atoms with E-state index in [0.717, 1.165) is 4.90 Å². The molecule has 0 spiro atoms. The van der Waals surface area contributed by atoms with E-state index in [1.807, 2.05) is 0 Å². The third-order valence-corrected chi connectivity index (χ3v) is 2.46. The third-order valence-electron chi connectivity index (χ3n) is 2.46. The number of hydrogen-bond acceptors (Lipinski definition) is 1. The van der Waals surface area contributed by atoms with Gasteiger partial charge in [-0.05, 0) is 31.9 Å². The zero-order valence-corrected chi connectivity index (χ0v) is 10.4. The van der Waals surface area contributed by atoms with Gasteiger partial charge in [-0.15, -0.1) is 0 Å². The van der Waals surface area contributed by atoms with Crippen molar-refractivity contribution >= 4 is 5.91 Å². The second kappa shape index (κ2) is 6.15. The lowest BCUT2D eigenvalue weighted by Crippen LogP contribution is -2.42. The van der Waals surface area contributed by atoms with E-state index >= 15 is 0 Å². The molecule has 0 atom stereocenters. The molecule has 0 saturated heterocycles.